The van der Waals surface area contributed by atoms with E-state index in [9.17, 15) is 5.11 Å². The largest absolute Gasteiger partial charge is 0.491 e. The molecule has 0 bridgehead atoms. The van der Waals surface area contributed by atoms with Crippen LogP contribution in [0.4, 0.5) is 0 Å². The maximum Gasteiger partial charge on any atom is 0.231 e. The molecule has 3 aromatic carbocycles. The molecule has 4 rings (SSSR count). The van der Waals surface area contributed by atoms with Crippen LogP contribution in [-0.4, -0.2) is 25.1 Å². The number of fused-ring (bicyclic) bond motifs is 1. The molecule has 0 aromatic heterocycles. The van der Waals surface area contributed by atoms with E-state index in [0.29, 0.717) is 18.1 Å². The van der Waals surface area contributed by atoms with Crippen molar-refractivity contribution in [2.75, 3.05) is 20.0 Å². The Morgan fingerprint density at radius 2 is 1.67 bits per heavy atom. The van der Waals surface area contributed by atoms with E-state index >= 15 is 0 Å². The third kappa shape index (κ3) is 4.52. The molecular weight excluding hydrogens is 380 g/mol. The first-order valence-electron chi connectivity index (χ1n) is 10.2. The van der Waals surface area contributed by atoms with Crippen LogP contribution >= 0.6 is 0 Å². The van der Waals surface area contributed by atoms with Gasteiger partial charge >= 0.3 is 0 Å². The monoisotopic (exact) mass is 406 g/mol. The second-order valence-electron chi connectivity index (χ2n) is 7.12. The van der Waals surface area contributed by atoms with Crippen molar-refractivity contribution in [1.29, 1.82) is 0 Å². The van der Waals surface area contributed by atoms with Crippen LogP contribution in [0.2, 0.25) is 0 Å². The summed E-state index contributed by atoms with van der Waals surface area (Å²) in [5, 5.41) is 9.19. The molecule has 0 radical (unpaired) electrons. The molecule has 5 heteroatoms. The number of aliphatic hydroxyl groups excluding tert-OH is 1. The number of rotatable bonds is 9. The molecule has 1 atom stereocenters. The Morgan fingerprint density at radius 3 is 2.37 bits per heavy atom. The molecule has 1 heterocycles. The van der Waals surface area contributed by atoms with Crippen molar-refractivity contribution in [2.45, 2.75) is 25.9 Å². The molecule has 156 valence electrons. The fraction of sp³-hybridized carbons (Fsp3) is 0.280. The van der Waals surface area contributed by atoms with E-state index in [0.717, 1.165) is 34.6 Å². The molecular formula is C25H26O5. The summed E-state index contributed by atoms with van der Waals surface area (Å²) in [4.78, 5) is 0. The Bertz CT molecular complexity index is 953. The van der Waals surface area contributed by atoms with Crippen LogP contribution in [0.5, 0.6) is 23.0 Å². The van der Waals surface area contributed by atoms with Gasteiger partial charge in [-0.3, -0.25) is 0 Å². The van der Waals surface area contributed by atoms with Crippen molar-refractivity contribution in [1.82, 2.24) is 0 Å². The summed E-state index contributed by atoms with van der Waals surface area (Å²) in [6.07, 6.45) is 0.888. The van der Waals surface area contributed by atoms with Gasteiger partial charge < -0.3 is 24.1 Å². The zero-order valence-electron chi connectivity index (χ0n) is 17.0. The Kier molecular flexibility index (Phi) is 6.40. The van der Waals surface area contributed by atoms with Crippen LogP contribution in [0.15, 0.2) is 66.7 Å². The fourth-order valence-corrected chi connectivity index (χ4v) is 3.66. The quantitative estimate of drug-likeness (QED) is 0.547. The van der Waals surface area contributed by atoms with Crippen molar-refractivity contribution < 1.29 is 24.1 Å². The Labute approximate surface area is 176 Å². The van der Waals surface area contributed by atoms with Gasteiger partial charge in [-0.15, -0.1) is 0 Å². The number of hydrogen-bond acceptors (Lipinski definition) is 5. The summed E-state index contributed by atoms with van der Waals surface area (Å²) in [6.45, 7) is 3.08. The summed E-state index contributed by atoms with van der Waals surface area (Å²) < 4.78 is 22.8. The predicted octanol–water partition coefficient (Wildman–Crippen LogP) is 4.91. The van der Waals surface area contributed by atoms with Crippen LogP contribution in [0.25, 0.3) is 0 Å². The highest BCUT2D eigenvalue weighted by atomic mass is 16.7. The van der Waals surface area contributed by atoms with E-state index in [-0.39, 0.29) is 25.9 Å². The van der Waals surface area contributed by atoms with E-state index < -0.39 is 0 Å². The van der Waals surface area contributed by atoms with Crippen molar-refractivity contribution in [3.63, 3.8) is 0 Å². The summed E-state index contributed by atoms with van der Waals surface area (Å²) in [5.74, 6) is 3.06. The van der Waals surface area contributed by atoms with Crippen LogP contribution < -0.4 is 18.9 Å². The Morgan fingerprint density at radius 1 is 0.933 bits per heavy atom. The van der Waals surface area contributed by atoms with E-state index in [4.69, 9.17) is 18.9 Å². The second-order valence-corrected chi connectivity index (χ2v) is 7.12. The van der Waals surface area contributed by atoms with Gasteiger partial charge in [0.05, 0.1) is 6.61 Å². The standard InChI is InChI=1S/C25H26O5/c1-2-21(22-14-24-25(30-17-29-24)15-23(22)27-13-12-26)19-8-10-20(11-9-19)28-16-18-6-4-3-5-7-18/h3-11,14-15,21,26H,2,12-13,16-17H2,1H3/t21-/m0/s1. The lowest BCUT2D eigenvalue weighted by Crippen LogP contribution is -2.07. The molecule has 3 aromatic rings. The highest BCUT2D eigenvalue weighted by molar-refractivity contribution is 5.55. The third-order valence-electron chi connectivity index (χ3n) is 5.17. The lowest BCUT2D eigenvalue weighted by Gasteiger charge is -2.21. The summed E-state index contributed by atoms with van der Waals surface area (Å²) in [7, 11) is 0. The van der Waals surface area contributed by atoms with E-state index in [1.807, 2.05) is 42.5 Å². The van der Waals surface area contributed by atoms with Crippen LogP contribution in [0.3, 0.4) is 0 Å². The third-order valence-corrected chi connectivity index (χ3v) is 5.17. The van der Waals surface area contributed by atoms with Gasteiger partial charge in [-0.1, -0.05) is 49.4 Å². The minimum absolute atomic E-state index is 0.0435. The molecule has 0 unspecified atom stereocenters. The van der Waals surface area contributed by atoms with E-state index in [2.05, 4.69) is 31.2 Å². The highest BCUT2D eigenvalue weighted by Gasteiger charge is 2.23. The van der Waals surface area contributed by atoms with Crippen molar-refractivity contribution in [2.24, 2.45) is 0 Å². The summed E-state index contributed by atoms with van der Waals surface area (Å²) in [5.41, 5.74) is 3.32. The van der Waals surface area contributed by atoms with Gasteiger partial charge in [0.25, 0.3) is 0 Å². The lowest BCUT2D eigenvalue weighted by molar-refractivity contribution is 0.173. The summed E-state index contributed by atoms with van der Waals surface area (Å²) in [6, 6.07) is 22.2. The van der Waals surface area contributed by atoms with Crippen LogP contribution in [-0.2, 0) is 6.61 Å². The number of benzene rings is 3. The van der Waals surface area contributed by atoms with Gasteiger partial charge in [-0.25, -0.2) is 0 Å². The first-order valence-corrected chi connectivity index (χ1v) is 10.2. The fourth-order valence-electron chi connectivity index (χ4n) is 3.66. The van der Waals surface area contributed by atoms with Crippen molar-refractivity contribution in [3.05, 3.63) is 83.4 Å². The normalized spacial score (nSPS) is 13.1. The highest BCUT2D eigenvalue weighted by Crippen LogP contribution is 2.43. The SMILES string of the molecule is CC[C@@H](c1ccc(OCc2ccccc2)cc1)c1cc2c(cc1OCCO)OCO2. The zero-order chi connectivity index (χ0) is 20.8. The first kappa shape index (κ1) is 20.1. The summed E-state index contributed by atoms with van der Waals surface area (Å²) >= 11 is 0. The number of hydrogen-bond donors (Lipinski definition) is 1. The average molecular weight is 406 g/mol. The van der Waals surface area contributed by atoms with Gasteiger partial charge in [0.1, 0.15) is 24.7 Å². The smallest absolute Gasteiger partial charge is 0.231 e. The van der Waals surface area contributed by atoms with Gasteiger partial charge in [0.2, 0.25) is 6.79 Å². The van der Waals surface area contributed by atoms with E-state index in [1.54, 1.807) is 0 Å². The van der Waals surface area contributed by atoms with E-state index in [1.165, 1.54) is 0 Å². The lowest BCUT2D eigenvalue weighted by atomic mass is 9.88. The topological polar surface area (TPSA) is 57.2 Å². The molecule has 0 amide bonds. The van der Waals surface area contributed by atoms with Gasteiger partial charge in [-0.05, 0) is 35.7 Å². The Hall–Kier alpha value is -3.18. The number of aliphatic hydroxyl groups is 1. The molecule has 0 spiro atoms. The molecule has 1 aliphatic rings. The molecule has 30 heavy (non-hydrogen) atoms. The maximum atomic E-state index is 9.19. The minimum atomic E-state index is -0.0435. The maximum absolute atomic E-state index is 9.19. The average Bonchev–Trinajstić information content (AvgIpc) is 3.25. The molecule has 5 nitrogen and oxygen atoms in total. The molecule has 0 saturated heterocycles. The zero-order valence-corrected chi connectivity index (χ0v) is 17.0. The Balaban J connectivity index is 1.55. The second kappa shape index (κ2) is 9.55. The van der Waals surface area contributed by atoms with Gasteiger partial charge in [0, 0.05) is 17.5 Å². The molecule has 0 fully saturated rings. The predicted molar refractivity (Wildman–Crippen MR) is 114 cm³/mol. The molecule has 0 aliphatic carbocycles. The van der Waals surface area contributed by atoms with Gasteiger partial charge in [-0.2, -0.15) is 0 Å². The van der Waals surface area contributed by atoms with Crippen LogP contribution in [0, 0.1) is 0 Å². The molecule has 1 N–H and O–H groups in total. The minimum Gasteiger partial charge on any atom is -0.491 e. The van der Waals surface area contributed by atoms with Crippen molar-refractivity contribution in [3.8, 4) is 23.0 Å². The molecule has 0 saturated carbocycles. The number of ether oxygens (including phenoxy) is 4. The first-order chi connectivity index (χ1) is 14.8. The van der Waals surface area contributed by atoms with Crippen molar-refractivity contribution >= 4 is 0 Å². The van der Waals surface area contributed by atoms with Crippen LogP contribution in [0.1, 0.15) is 36.0 Å². The van der Waals surface area contributed by atoms with Gasteiger partial charge in [0.15, 0.2) is 11.5 Å². The molecule has 1 aliphatic heterocycles.